The number of amides is 2. The van der Waals surface area contributed by atoms with Crippen LogP contribution in [0.2, 0.25) is 0 Å². The lowest BCUT2D eigenvalue weighted by Crippen LogP contribution is -2.42. The molecule has 0 aliphatic carbocycles. The van der Waals surface area contributed by atoms with E-state index in [9.17, 15) is 19.6 Å². The fourth-order valence-corrected chi connectivity index (χ4v) is 4.51. The van der Waals surface area contributed by atoms with Gasteiger partial charge in [0.25, 0.3) is 11.8 Å². The Hall–Kier alpha value is -3.28. The van der Waals surface area contributed by atoms with Crippen molar-refractivity contribution in [3.05, 3.63) is 71.3 Å². The van der Waals surface area contributed by atoms with E-state index in [0.29, 0.717) is 41.6 Å². The maximum atomic E-state index is 13.1. The minimum absolute atomic E-state index is 0.116. The van der Waals surface area contributed by atoms with Crippen molar-refractivity contribution in [3.8, 4) is 0 Å². The van der Waals surface area contributed by atoms with Gasteiger partial charge in [-0.15, -0.1) is 0 Å². The number of hydrogen-bond acceptors (Lipinski definition) is 8. The molecule has 9 nitrogen and oxygen atoms in total. The smallest absolute Gasteiger partial charge is 0.423 e. The predicted octanol–water partition coefficient (Wildman–Crippen LogP) is 0.668. The monoisotopic (exact) mass is 491 g/mol. The maximum absolute atomic E-state index is 13.1. The third-order valence-corrected chi connectivity index (χ3v) is 6.27. The Labute approximate surface area is 210 Å². The Morgan fingerprint density at radius 2 is 1.72 bits per heavy atom. The van der Waals surface area contributed by atoms with Gasteiger partial charge in [-0.1, -0.05) is 36.4 Å². The lowest BCUT2D eigenvalue weighted by atomic mass is 9.77. The van der Waals surface area contributed by atoms with Gasteiger partial charge in [-0.05, 0) is 36.3 Å². The molecule has 0 spiro atoms. The number of carbonyl (C=O) groups is 2. The van der Waals surface area contributed by atoms with Gasteiger partial charge in [0.15, 0.2) is 0 Å². The van der Waals surface area contributed by atoms with Crippen molar-refractivity contribution >= 4 is 40.9 Å². The van der Waals surface area contributed by atoms with Crippen LogP contribution in [0.25, 0.3) is 10.8 Å². The highest BCUT2D eigenvalue weighted by Gasteiger charge is 2.33. The van der Waals surface area contributed by atoms with E-state index >= 15 is 0 Å². The summed E-state index contributed by atoms with van der Waals surface area (Å²) in [5.41, 5.74) is 3.12. The van der Waals surface area contributed by atoms with Crippen LogP contribution in [0, 0.1) is 0 Å². The lowest BCUT2D eigenvalue weighted by Gasteiger charge is -2.28. The summed E-state index contributed by atoms with van der Waals surface area (Å²) in [7, 11) is 0.440. The Balaban J connectivity index is 1.46. The minimum atomic E-state index is -1.51. The summed E-state index contributed by atoms with van der Waals surface area (Å²) in [5.74, 6) is -0.709. The molecular weight excluding hydrogens is 461 g/mol. The molecular formula is C26H30BN3O6. The largest absolute Gasteiger partial charge is 0.488 e. The lowest BCUT2D eigenvalue weighted by molar-refractivity contribution is 0.0478. The molecule has 1 aliphatic rings. The van der Waals surface area contributed by atoms with Crippen LogP contribution in [0.1, 0.15) is 26.3 Å². The van der Waals surface area contributed by atoms with Crippen LogP contribution in [0.4, 0.5) is 5.69 Å². The van der Waals surface area contributed by atoms with Crippen LogP contribution in [0.15, 0.2) is 54.6 Å². The molecule has 1 heterocycles. The van der Waals surface area contributed by atoms with Gasteiger partial charge in [-0.2, -0.15) is 0 Å². The van der Waals surface area contributed by atoms with E-state index in [2.05, 4.69) is 10.2 Å². The number of imide groups is 1. The molecule has 36 heavy (non-hydrogen) atoms. The molecule has 3 aromatic carbocycles. The van der Waals surface area contributed by atoms with Crippen LogP contribution in [0.5, 0.6) is 0 Å². The highest BCUT2D eigenvalue weighted by molar-refractivity contribution is 6.59. The zero-order chi connectivity index (χ0) is 25.7. The summed E-state index contributed by atoms with van der Waals surface area (Å²) >= 11 is 0. The van der Waals surface area contributed by atoms with Crippen molar-refractivity contribution in [3.63, 3.8) is 0 Å². The number of likely N-dealkylation sites (N-methyl/N-ethyl adjacent to an activating group) is 1. The topological polar surface area (TPSA) is 123 Å². The highest BCUT2D eigenvalue weighted by Crippen LogP contribution is 2.34. The van der Waals surface area contributed by atoms with E-state index in [1.165, 1.54) is 4.90 Å². The maximum Gasteiger partial charge on any atom is 0.488 e. The van der Waals surface area contributed by atoms with Gasteiger partial charge in [0.1, 0.15) is 0 Å². The van der Waals surface area contributed by atoms with E-state index in [0.717, 1.165) is 16.6 Å². The number of rotatable bonds is 12. The van der Waals surface area contributed by atoms with Gasteiger partial charge >= 0.3 is 7.12 Å². The predicted molar refractivity (Wildman–Crippen MR) is 138 cm³/mol. The molecule has 0 unspecified atom stereocenters. The zero-order valence-corrected chi connectivity index (χ0v) is 20.2. The first-order chi connectivity index (χ1) is 17.4. The standard InChI is InChI=1S/C26H30BN3O6/c1-29(17-18-5-2-3-8-22(18)27(34)35)12-11-28-23-10-9-21-24-19(23)6-4-7-20(24)25(32)30(26(21)33)13-15-36-16-14-31/h2-10,28,31,34-35H,11-17H2,1H3. The molecule has 0 saturated heterocycles. The van der Waals surface area contributed by atoms with Gasteiger partial charge in [0, 0.05) is 47.2 Å². The highest BCUT2D eigenvalue weighted by atomic mass is 16.5. The van der Waals surface area contributed by atoms with Gasteiger partial charge in [0.05, 0.1) is 26.4 Å². The van der Waals surface area contributed by atoms with Gasteiger partial charge < -0.3 is 30.1 Å². The van der Waals surface area contributed by atoms with Gasteiger partial charge in [-0.3, -0.25) is 14.5 Å². The van der Waals surface area contributed by atoms with Crippen molar-refractivity contribution in [1.29, 1.82) is 0 Å². The SMILES string of the molecule is CN(CCNc1ccc2c3c(cccc13)C(=O)N(CCOCCO)C2=O)Cc1ccccc1B(O)O. The molecule has 4 N–H and O–H groups in total. The van der Waals surface area contributed by atoms with E-state index in [-0.39, 0.29) is 38.2 Å². The molecule has 0 saturated carbocycles. The van der Waals surface area contributed by atoms with Crippen LogP contribution in [0.3, 0.4) is 0 Å². The van der Waals surface area contributed by atoms with Gasteiger partial charge in [0.2, 0.25) is 0 Å². The number of nitrogens with zero attached hydrogens (tertiary/aromatic N) is 2. The average molecular weight is 491 g/mol. The second-order valence-electron chi connectivity index (χ2n) is 8.72. The number of nitrogens with one attached hydrogen (secondary N) is 1. The van der Waals surface area contributed by atoms with Crippen molar-refractivity contribution in [2.24, 2.45) is 0 Å². The Morgan fingerprint density at radius 3 is 2.47 bits per heavy atom. The van der Waals surface area contributed by atoms with E-state index in [4.69, 9.17) is 9.84 Å². The summed E-state index contributed by atoms with van der Waals surface area (Å²) in [6.07, 6.45) is 0. The average Bonchev–Trinajstić information content (AvgIpc) is 2.87. The van der Waals surface area contributed by atoms with Crippen LogP contribution in [-0.4, -0.2) is 90.4 Å². The van der Waals surface area contributed by atoms with E-state index in [1.54, 1.807) is 24.3 Å². The molecule has 0 aromatic heterocycles. The molecule has 0 bridgehead atoms. The number of aliphatic hydroxyl groups excluding tert-OH is 1. The molecule has 4 rings (SSSR count). The third-order valence-electron chi connectivity index (χ3n) is 6.27. The fourth-order valence-electron chi connectivity index (χ4n) is 4.51. The molecule has 3 aromatic rings. The van der Waals surface area contributed by atoms with Crippen molar-refractivity contribution in [2.75, 3.05) is 51.8 Å². The second kappa shape index (κ2) is 11.6. The number of ether oxygens (including phenoxy) is 1. The molecule has 2 amide bonds. The number of aliphatic hydroxyl groups is 1. The number of hydrogen-bond donors (Lipinski definition) is 4. The molecule has 10 heteroatoms. The summed E-state index contributed by atoms with van der Waals surface area (Å²) in [4.78, 5) is 29.4. The summed E-state index contributed by atoms with van der Waals surface area (Å²) in [6, 6.07) is 16.3. The Morgan fingerprint density at radius 1 is 0.972 bits per heavy atom. The Bertz CT molecular complexity index is 1230. The molecule has 188 valence electrons. The first kappa shape index (κ1) is 25.8. The molecule has 0 fully saturated rings. The van der Waals surface area contributed by atoms with E-state index in [1.807, 2.05) is 37.4 Å². The molecule has 1 aliphatic heterocycles. The second-order valence-corrected chi connectivity index (χ2v) is 8.72. The first-order valence-corrected chi connectivity index (χ1v) is 11.9. The molecule has 0 atom stereocenters. The third kappa shape index (κ3) is 5.43. The number of carbonyl (C=O) groups excluding carboxylic acids is 2. The summed E-state index contributed by atoms with van der Waals surface area (Å²) < 4.78 is 5.25. The summed E-state index contributed by atoms with van der Waals surface area (Å²) in [6.45, 7) is 2.17. The van der Waals surface area contributed by atoms with Crippen molar-refractivity contribution in [2.45, 2.75) is 6.54 Å². The number of anilines is 1. The minimum Gasteiger partial charge on any atom is -0.423 e. The van der Waals surface area contributed by atoms with Gasteiger partial charge in [-0.25, -0.2) is 0 Å². The molecule has 0 radical (unpaired) electrons. The van der Waals surface area contributed by atoms with Crippen LogP contribution >= 0.6 is 0 Å². The summed E-state index contributed by atoms with van der Waals surface area (Å²) in [5, 5.41) is 32.9. The van der Waals surface area contributed by atoms with Crippen molar-refractivity contribution in [1.82, 2.24) is 9.80 Å². The zero-order valence-electron chi connectivity index (χ0n) is 20.2. The van der Waals surface area contributed by atoms with Crippen LogP contribution < -0.4 is 10.8 Å². The normalized spacial score (nSPS) is 13.1. The first-order valence-electron chi connectivity index (χ1n) is 11.9. The van der Waals surface area contributed by atoms with Crippen LogP contribution in [-0.2, 0) is 11.3 Å². The van der Waals surface area contributed by atoms with E-state index < -0.39 is 7.12 Å². The fraction of sp³-hybridized carbons (Fsp3) is 0.308. The van der Waals surface area contributed by atoms with Crippen molar-refractivity contribution < 1.29 is 29.5 Å². The quantitative estimate of drug-likeness (QED) is 0.166. The Kier molecular flexibility index (Phi) is 8.34. The number of benzene rings is 3.